The molecule has 0 aromatic heterocycles. The lowest BCUT2D eigenvalue weighted by Gasteiger charge is -2.11. The molecule has 1 atom stereocenters. The highest BCUT2D eigenvalue weighted by Crippen LogP contribution is 2.29. The third-order valence-electron chi connectivity index (χ3n) is 3.21. The maximum absolute atomic E-state index is 11.7. The van der Waals surface area contributed by atoms with Gasteiger partial charge < -0.3 is 19.7 Å². The highest BCUT2D eigenvalue weighted by atomic mass is 16.5. The molecule has 0 radical (unpaired) electrons. The summed E-state index contributed by atoms with van der Waals surface area (Å²) >= 11 is 0. The number of likely N-dealkylation sites (N-methyl/N-ethyl adjacent to an activating group) is 1. The Morgan fingerprint density at radius 2 is 2.25 bits per heavy atom. The van der Waals surface area contributed by atoms with Crippen molar-refractivity contribution in [1.82, 2.24) is 4.90 Å². The minimum atomic E-state index is -0.276. The monoisotopic (exact) mass is 278 g/mol. The van der Waals surface area contributed by atoms with Gasteiger partial charge in [0.1, 0.15) is 18.4 Å². The molecule has 0 aliphatic carbocycles. The van der Waals surface area contributed by atoms with Crippen LogP contribution in [0.25, 0.3) is 0 Å². The van der Waals surface area contributed by atoms with Crippen molar-refractivity contribution in [2.24, 2.45) is 0 Å². The second kappa shape index (κ2) is 6.61. The van der Waals surface area contributed by atoms with E-state index in [0.717, 1.165) is 23.5 Å². The number of nitrogens with one attached hydrogen (secondary N) is 1. The van der Waals surface area contributed by atoms with E-state index in [0.29, 0.717) is 19.6 Å². The molecule has 1 unspecified atom stereocenters. The average molecular weight is 278 g/mol. The number of benzene rings is 1. The molecule has 1 aromatic carbocycles. The van der Waals surface area contributed by atoms with Crippen LogP contribution in [0.1, 0.15) is 12.5 Å². The van der Waals surface area contributed by atoms with E-state index >= 15 is 0 Å². The van der Waals surface area contributed by atoms with Gasteiger partial charge in [-0.3, -0.25) is 0 Å². The molecule has 20 heavy (non-hydrogen) atoms. The first-order chi connectivity index (χ1) is 9.60. The molecule has 0 bridgehead atoms. The van der Waals surface area contributed by atoms with Crippen molar-refractivity contribution in [2.45, 2.75) is 19.4 Å². The highest BCUT2D eigenvalue weighted by molar-refractivity contribution is 5.83. The van der Waals surface area contributed by atoms with Crippen molar-refractivity contribution in [1.29, 1.82) is 0 Å². The number of hydrogen-bond acceptors (Lipinski definition) is 5. The van der Waals surface area contributed by atoms with Crippen molar-refractivity contribution < 1.29 is 14.3 Å². The Kier molecular flexibility index (Phi) is 4.84. The van der Waals surface area contributed by atoms with Crippen molar-refractivity contribution in [2.75, 3.05) is 39.2 Å². The van der Waals surface area contributed by atoms with E-state index in [-0.39, 0.29) is 12.0 Å². The largest absolute Gasteiger partial charge is 0.492 e. The summed E-state index contributed by atoms with van der Waals surface area (Å²) in [6, 6.07) is 5.60. The Morgan fingerprint density at radius 3 is 2.95 bits per heavy atom. The van der Waals surface area contributed by atoms with Crippen molar-refractivity contribution in [3.63, 3.8) is 0 Å². The van der Waals surface area contributed by atoms with Gasteiger partial charge >= 0.3 is 5.97 Å². The van der Waals surface area contributed by atoms with Gasteiger partial charge in [0.25, 0.3) is 0 Å². The van der Waals surface area contributed by atoms with Crippen LogP contribution in [0.5, 0.6) is 5.75 Å². The SMILES string of the molecule is CCOC(=O)C1Cc2cc(OCCN(C)C)ccc2N1. The zero-order chi connectivity index (χ0) is 14.5. The lowest BCUT2D eigenvalue weighted by Crippen LogP contribution is -2.28. The lowest BCUT2D eigenvalue weighted by atomic mass is 10.1. The summed E-state index contributed by atoms with van der Waals surface area (Å²) in [5.74, 6) is 0.649. The molecule has 1 N–H and O–H groups in total. The molecule has 2 rings (SSSR count). The van der Waals surface area contributed by atoms with Gasteiger partial charge in [-0.25, -0.2) is 4.79 Å². The van der Waals surface area contributed by atoms with Gasteiger partial charge in [0.05, 0.1) is 6.61 Å². The van der Waals surface area contributed by atoms with Crippen molar-refractivity contribution in [3.8, 4) is 5.75 Å². The number of carbonyl (C=O) groups is 1. The maximum atomic E-state index is 11.7. The normalized spacial score (nSPS) is 16.7. The van der Waals surface area contributed by atoms with E-state index in [2.05, 4.69) is 10.2 Å². The number of nitrogens with zero attached hydrogens (tertiary/aromatic N) is 1. The Morgan fingerprint density at radius 1 is 1.45 bits per heavy atom. The number of rotatable bonds is 6. The number of anilines is 1. The van der Waals surface area contributed by atoms with Crippen LogP contribution < -0.4 is 10.1 Å². The quantitative estimate of drug-likeness (QED) is 0.800. The molecule has 0 saturated heterocycles. The third kappa shape index (κ3) is 3.63. The standard InChI is InChI=1S/C15H22N2O3/c1-4-19-15(18)14-10-11-9-12(5-6-13(11)16-14)20-8-7-17(2)3/h5-6,9,14,16H,4,7-8,10H2,1-3H3. The second-order valence-electron chi connectivity index (χ2n) is 5.12. The Balaban J connectivity index is 1.94. The van der Waals surface area contributed by atoms with Gasteiger partial charge in [0.15, 0.2) is 0 Å². The summed E-state index contributed by atoms with van der Waals surface area (Å²) in [7, 11) is 4.03. The van der Waals surface area contributed by atoms with Crippen LogP contribution in [0, 0.1) is 0 Å². The van der Waals surface area contributed by atoms with Crippen LogP contribution in [0.4, 0.5) is 5.69 Å². The lowest BCUT2D eigenvalue weighted by molar-refractivity contribution is -0.143. The maximum Gasteiger partial charge on any atom is 0.328 e. The molecule has 0 fully saturated rings. The van der Waals surface area contributed by atoms with Crippen LogP contribution in [0.3, 0.4) is 0 Å². The highest BCUT2D eigenvalue weighted by Gasteiger charge is 2.27. The summed E-state index contributed by atoms with van der Waals surface area (Å²) in [5.41, 5.74) is 2.09. The fraction of sp³-hybridized carbons (Fsp3) is 0.533. The minimum absolute atomic E-state index is 0.196. The minimum Gasteiger partial charge on any atom is -0.492 e. The molecule has 1 aromatic rings. The van der Waals surface area contributed by atoms with Gasteiger partial charge in [-0.1, -0.05) is 0 Å². The van der Waals surface area contributed by atoms with Crippen LogP contribution in [-0.4, -0.2) is 50.8 Å². The fourth-order valence-electron chi connectivity index (χ4n) is 2.16. The molecular formula is C15H22N2O3. The molecular weight excluding hydrogens is 256 g/mol. The number of esters is 1. The van der Waals surface area contributed by atoms with Crippen molar-refractivity contribution in [3.05, 3.63) is 23.8 Å². The fourth-order valence-corrected chi connectivity index (χ4v) is 2.16. The van der Waals surface area contributed by atoms with E-state index in [9.17, 15) is 4.79 Å². The van der Waals surface area contributed by atoms with Crippen molar-refractivity contribution >= 4 is 11.7 Å². The number of carbonyl (C=O) groups excluding carboxylic acids is 1. The summed E-state index contributed by atoms with van der Waals surface area (Å²) in [4.78, 5) is 13.8. The van der Waals surface area contributed by atoms with Crippen LogP contribution >= 0.6 is 0 Å². The average Bonchev–Trinajstić information content (AvgIpc) is 2.81. The number of ether oxygens (including phenoxy) is 2. The van der Waals surface area contributed by atoms with Gasteiger partial charge in [0.2, 0.25) is 0 Å². The van der Waals surface area contributed by atoms with Gasteiger partial charge in [-0.05, 0) is 44.8 Å². The van der Waals surface area contributed by atoms with Crippen LogP contribution in [0.15, 0.2) is 18.2 Å². The van der Waals surface area contributed by atoms with E-state index in [4.69, 9.17) is 9.47 Å². The molecule has 0 saturated carbocycles. The van der Waals surface area contributed by atoms with E-state index < -0.39 is 0 Å². The molecule has 0 amide bonds. The van der Waals surface area contributed by atoms with Crippen LogP contribution in [-0.2, 0) is 16.0 Å². The zero-order valence-electron chi connectivity index (χ0n) is 12.3. The third-order valence-corrected chi connectivity index (χ3v) is 3.21. The van der Waals surface area contributed by atoms with Gasteiger partial charge in [0, 0.05) is 18.7 Å². The molecule has 5 nitrogen and oxygen atoms in total. The Labute approximate surface area is 119 Å². The van der Waals surface area contributed by atoms with E-state index in [1.165, 1.54) is 0 Å². The number of hydrogen-bond donors (Lipinski definition) is 1. The first-order valence-corrected chi connectivity index (χ1v) is 6.93. The predicted octanol–water partition coefficient (Wildman–Crippen LogP) is 1.53. The zero-order valence-corrected chi connectivity index (χ0v) is 12.3. The molecule has 5 heteroatoms. The summed E-state index contributed by atoms with van der Waals surface area (Å²) in [5, 5.41) is 3.18. The summed E-state index contributed by atoms with van der Waals surface area (Å²) in [6.07, 6.45) is 0.652. The predicted molar refractivity (Wildman–Crippen MR) is 78.2 cm³/mol. The Hall–Kier alpha value is -1.75. The molecule has 1 heterocycles. The summed E-state index contributed by atoms with van der Waals surface area (Å²) in [6.45, 7) is 3.75. The molecule has 1 aliphatic rings. The first-order valence-electron chi connectivity index (χ1n) is 6.93. The number of fused-ring (bicyclic) bond motifs is 1. The molecule has 0 spiro atoms. The smallest absolute Gasteiger partial charge is 0.328 e. The first kappa shape index (κ1) is 14.7. The van der Waals surface area contributed by atoms with E-state index in [1.807, 2.05) is 39.2 Å². The summed E-state index contributed by atoms with van der Waals surface area (Å²) < 4.78 is 10.7. The van der Waals surface area contributed by atoms with Gasteiger partial charge in [-0.15, -0.1) is 0 Å². The topological polar surface area (TPSA) is 50.8 Å². The van der Waals surface area contributed by atoms with Gasteiger partial charge in [-0.2, -0.15) is 0 Å². The molecule has 110 valence electrons. The van der Waals surface area contributed by atoms with Crippen LogP contribution in [0.2, 0.25) is 0 Å². The molecule has 1 aliphatic heterocycles. The second-order valence-corrected chi connectivity index (χ2v) is 5.12. The van der Waals surface area contributed by atoms with E-state index in [1.54, 1.807) is 0 Å². The Bertz CT molecular complexity index is 474.